The fraction of sp³-hybridized carbons (Fsp3) is 0.364. The number of anilines is 1. The van der Waals surface area contributed by atoms with Crippen molar-refractivity contribution in [3.63, 3.8) is 0 Å². The largest absolute Gasteiger partial charge is 0.497 e. The summed E-state index contributed by atoms with van der Waals surface area (Å²) < 4.78 is 32.1. The smallest absolute Gasteiger partial charge is 0.243 e. The predicted octanol–water partition coefficient (Wildman–Crippen LogP) is 3.01. The van der Waals surface area contributed by atoms with E-state index in [2.05, 4.69) is 0 Å². The van der Waals surface area contributed by atoms with Gasteiger partial charge in [0.15, 0.2) is 9.84 Å². The van der Waals surface area contributed by atoms with Crippen LogP contribution in [0.15, 0.2) is 53.4 Å². The number of hydrogen-bond donors (Lipinski definition) is 2. The van der Waals surface area contributed by atoms with Gasteiger partial charge in [-0.1, -0.05) is 30.7 Å². The zero-order valence-corrected chi connectivity index (χ0v) is 18.1. The van der Waals surface area contributed by atoms with Crippen molar-refractivity contribution in [2.75, 3.05) is 18.6 Å². The SMILES string of the molecule is COc1ccc(C2CC(=O)N(CCCCCC(=O)NO)c3ccccc3S2(=O)=O)cc1. The van der Waals surface area contributed by atoms with Gasteiger partial charge in [-0.3, -0.25) is 14.8 Å². The van der Waals surface area contributed by atoms with Gasteiger partial charge in [-0.2, -0.15) is 0 Å². The molecule has 0 spiro atoms. The third-order valence-electron chi connectivity index (χ3n) is 5.40. The zero-order valence-electron chi connectivity index (χ0n) is 17.3. The second-order valence-corrected chi connectivity index (χ2v) is 9.47. The van der Waals surface area contributed by atoms with Gasteiger partial charge in [-0.05, 0) is 42.7 Å². The molecule has 1 atom stereocenters. The van der Waals surface area contributed by atoms with Crippen LogP contribution in [0, 0.1) is 0 Å². The van der Waals surface area contributed by atoms with Crippen molar-refractivity contribution >= 4 is 27.3 Å². The van der Waals surface area contributed by atoms with Crippen molar-refractivity contribution in [1.82, 2.24) is 5.48 Å². The van der Waals surface area contributed by atoms with Gasteiger partial charge in [-0.15, -0.1) is 0 Å². The molecule has 3 rings (SSSR count). The monoisotopic (exact) mass is 446 g/mol. The van der Waals surface area contributed by atoms with E-state index in [1.165, 1.54) is 12.0 Å². The fourth-order valence-corrected chi connectivity index (χ4v) is 5.66. The van der Waals surface area contributed by atoms with Gasteiger partial charge >= 0.3 is 0 Å². The third kappa shape index (κ3) is 5.05. The Kier molecular flexibility index (Phi) is 7.29. The number of nitrogens with zero attached hydrogens (tertiary/aromatic N) is 1. The maximum atomic E-state index is 13.5. The Bertz CT molecular complexity index is 1040. The van der Waals surface area contributed by atoms with Crippen LogP contribution in [0.25, 0.3) is 0 Å². The first-order valence-corrected chi connectivity index (χ1v) is 11.6. The van der Waals surface area contributed by atoms with Crippen molar-refractivity contribution < 1.29 is 28.0 Å². The zero-order chi connectivity index (χ0) is 22.4. The lowest BCUT2D eigenvalue weighted by atomic mass is 10.1. The molecule has 2 N–H and O–H groups in total. The maximum absolute atomic E-state index is 13.5. The van der Waals surface area contributed by atoms with Crippen LogP contribution in [0.5, 0.6) is 5.75 Å². The molecule has 9 heteroatoms. The van der Waals surface area contributed by atoms with Crippen molar-refractivity contribution in [3.8, 4) is 5.75 Å². The van der Waals surface area contributed by atoms with Crippen LogP contribution < -0.4 is 15.1 Å². The first-order valence-electron chi connectivity index (χ1n) is 10.1. The Labute approximate surface area is 181 Å². The van der Waals surface area contributed by atoms with Gasteiger partial charge in [0.2, 0.25) is 11.8 Å². The fourth-order valence-electron chi connectivity index (χ4n) is 3.74. The number of rotatable bonds is 8. The second kappa shape index (κ2) is 9.93. The highest BCUT2D eigenvalue weighted by Gasteiger charge is 2.39. The molecule has 166 valence electrons. The summed E-state index contributed by atoms with van der Waals surface area (Å²) in [4.78, 5) is 25.9. The normalized spacial score (nSPS) is 17.5. The van der Waals surface area contributed by atoms with Crippen LogP contribution in [-0.4, -0.2) is 39.1 Å². The lowest BCUT2D eigenvalue weighted by Crippen LogP contribution is -2.31. The number of ether oxygens (including phenoxy) is 1. The molecule has 1 unspecified atom stereocenters. The van der Waals surface area contributed by atoms with Crippen LogP contribution in [0.4, 0.5) is 5.69 Å². The molecular weight excluding hydrogens is 420 g/mol. The highest BCUT2D eigenvalue weighted by molar-refractivity contribution is 7.92. The number of carbonyl (C=O) groups is 2. The van der Waals surface area contributed by atoms with Crippen LogP contribution in [-0.2, 0) is 19.4 Å². The minimum atomic E-state index is -3.79. The van der Waals surface area contributed by atoms with Gasteiger partial charge in [0, 0.05) is 19.4 Å². The third-order valence-corrected chi connectivity index (χ3v) is 7.54. The average Bonchev–Trinajstić information content (AvgIpc) is 2.87. The summed E-state index contributed by atoms with van der Waals surface area (Å²) in [6.07, 6.45) is 1.86. The van der Waals surface area contributed by atoms with Crippen molar-refractivity contribution in [3.05, 3.63) is 54.1 Å². The number of carbonyl (C=O) groups excluding carboxylic acids is 2. The number of nitrogens with one attached hydrogen (secondary N) is 1. The number of unbranched alkanes of at least 4 members (excludes halogenated alkanes) is 2. The van der Waals surface area contributed by atoms with Crippen molar-refractivity contribution in [1.29, 1.82) is 0 Å². The molecule has 1 aliphatic rings. The van der Waals surface area contributed by atoms with E-state index in [9.17, 15) is 18.0 Å². The Balaban J connectivity index is 1.86. The van der Waals surface area contributed by atoms with E-state index in [1.807, 2.05) is 0 Å². The molecule has 1 aliphatic heterocycles. The highest BCUT2D eigenvalue weighted by Crippen LogP contribution is 2.41. The van der Waals surface area contributed by atoms with E-state index in [0.717, 1.165) is 0 Å². The lowest BCUT2D eigenvalue weighted by molar-refractivity contribution is -0.129. The van der Waals surface area contributed by atoms with Gasteiger partial charge in [0.1, 0.15) is 5.75 Å². The minimum absolute atomic E-state index is 0.140. The van der Waals surface area contributed by atoms with Crippen LogP contribution in [0.3, 0.4) is 0 Å². The molecule has 0 saturated heterocycles. The van der Waals surface area contributed by atoms with E-state index in [4.69, 9.17) is 9.94 Å². The maximum Gasteiger partial charge on any atom is 0.243 e. The van der Waals surface area contributed by atoms with E-state index in [-0.39, 0.29) is 23.6 Å². The summed E-state index contributed by atoms with van der Waals surface area (Å²) in [6, 6.07) is 13.3. The lowest BCUT2D eigenvalue weighted by Gasteiger charge is -2.22. The summed E-state index contributed by atoms with van der Waals surface area (Å²) in [5.41, 5.74) is 2.52. The van der Waals surface area contributed by atoms with Gasteiger partial charge in [-0.25, -0.2) is 13.9 Å². The molecule has 0 aromatic heterocycles. The van der Waals surface area contributed by atoms with E-state index in [1.54, 1.807) is 54.0 Å². The van der Waals surface area contributed by atoms with E-state index >= 15 is 0 Å². The highest BCUT2D eigenvalue weighted by atomic mass is 32.2. The molecule has 1 heterocycles. The molecule has 2 aromatic rings. The molecule has 0 bridgehead atoms. The number of fused-ring (bicyclic) bond motifs is 1. The van der Waals surface area contributed by atoms with Crippen LogP contribution in [0.1, 0.15) is 42.9 Å². The molecule has 2 amide bonds. The number of para-hydroxylation sites is 1. The Morgan fingerprint density at radius 1 is 1.13 bits per heavy atom. The number of sulfone groups is 1. The summed E-state index contributed by atoms with van der Waals surface area (Å²) in [5, 5.41) is 7.57. The molecule has 8 nitrogen and oxygen atoms in total. The average molecular weight is 447 g/mol. The summed E-state index contributed by atoms with van der Waals surface area (Å²) >= 11 is 0. The van der Waals surface area contributed by atoms with Gasteiger partial charge in [0.05, 0.1) is 22.9 Å². The predicted molar refractivity (Wildman–Crippen MR) is 115 cm³/mol. The van der Waals surface area contributed by atoms with Crippen molar-refractivity contribution in [2.24, 2.45) is 0 Å². The summed E-state index contributed by atoms with van der Waals surface area (Å²) in [7, 11) is -2.26. The Morgan fingerprint density at radius 2 is 1.84 bits per heavy atom. The van der Waals surface area contributed by atoms with Gasteiger partial charge in [0.25, 0.3) is 0 Å². The van der Waals surface area contributed by atoms with Gasteiger partial charge < -0.3 is 9.64 Å². The topological polar surface area (TPSA) is 113 Å². The standard InChI is InChI=1S/C22H26N2O6S/c1-30-17-12-10-16(11-13-17)20-15-22(26)24(14-6-2-3-9-21(25)23-27)18-7-4-5-8-19(18)31(20,28)29/h4-5,7-8,10-13,20,27H,2-3,6,9,14-15H2,1H3,(H,23,25). The quantitative estimate of drug-likeness (QED) is 0.366. The number of benzene rings is 2. The van der Waals surface area contributed by atoms with E-state index < -0.39 is 21.0 Å². The number of hydroxylamine groups is 1. The Morgan fingerprint density at radius 3 is 2.52 bits per heavy atom. The molecule has 0 saturated carbocycles. The van der Waals surface area contributed by atoms with Crippen LogP contribution in [0.2, 0.25) is 0 Å². The van der Waals surface area contributed by atoms with Crippen molar-refractivity contribution in [2.45, 2.75) is 42.2 Å². The minimum Gasteiger partial charge on any atom is -0.497 e. The summed E-state index contributed by atoms with van der Waals surface area (Å²) in [5.74, 6) is -0.106. The molecule has 0 aliphatic carbocycles. The Hall–Kier alpha value is -2.91. The summed E-state index contributed by atoms with van der Waals surface area (Å²) in [6.45, 7) is 0.349. The number of amides is 2. The molecule has 0 fully saturated rings. The second-order valence-electron chi connectivity index (χ2n) is 7.37. The van der Waals surface area contributed by atoms with Crippen LogP contribution >= 0.6 is 0 Å². The molecule has 31 heavy (non-hydrogen) atoms. The van der Waals surface area contributed by atoms with E-state index in [0.29, 0.717) is 42.8 Å². The molecule has 2 aromatic carbocycles. The first-order chi connectivity index (χ1) is 14.9. The molecular formula is C22H26N2O6S. The number of hydrogen-bond acceptors (Lipinski definition) is 6. The number of methoxy groups -OCH3 is 1. The molecule has 0 radical (unpaired) electrons. The first kappa shape index (κ1) is 22.8.